The first kappa shape index (κ1) is 12.2. The van der Waals surface area contributed by atoms with Crippen LogP contribution in [0.15, 0.2) is 46.1 Å². The van der Waals surface area contributed by atoms with Gasteiger partial charge in [-0.2, -0.15) is 0 Å². The third-order valence-electron chi connectivity index (χ3n) is 2.77. The van der Waals surface area contributed by atoms with E-state index in [1.807, 2.05) is 24.3 Å². The molecule has 0 fully saturated rings. The summed E-state index contributed by atoms with van der Waals surface area (Å²) in [6, 6.07) is 8.82. The van der Waals surface area contributed by atoms with Gasteiger partial charge in [-0.1, -0.05) is 12.1 Å². The quantitative estimate of drug-likeness (QED) is 0.797. The fourth-order valence-electron chi connectivity index (χ4n) is 1.66. The van der Waals surface area contributed by atoms with E-state index in [0.29, 0.717) is 6.54 Å². The summed E-state index contributed by atoms with van der Waals surface area (Å²) in [6.45, 7) is 0.428. The van der Waals surface area contributed by atoms with Crippen LogP contribution in [0.1, 0.15) is 5.56 Å². The van der Waals surface area contributed by atoms with Crippen LogP contribution >= 0.6 is 0 Å². The van der Waals surface area contributed by atoms with Gasteiger partial charge in [0.2, 0.25) is 0 Å². The van der Waals surface area contributed by atoms with Crippen LogP contribution in [0.4, 0.5) is 0 Å². The van der Waals surface area contributed by atoms with Crippen molar-refractivity contribution in [2.75, 3.05) is 7.11 Å². The normalized spacial score (nSPS) is 10.3. The largest absolute Gasteiger partial charge is 0.497 e. The Kier molecular flexibility index (Phi) is 3.32. The lowest BCUT2D eigenvalue weighted by atomic mass is 10.2. The van der Waals surface area contributed by atoms with Gasteiger partial charge in [0, 0.05) is 19.3 Å². The fourth-order valence-corrected chi connectivity index (χ4v) is 1.66. The Morgan fingerprint density at radius 2 is 1.78 bits per heavy atom. The highest BCUT2D eigenvalue weighted by Crippen LogP contribution is 2.11. The zero-order chi connectivity index (χ0) is 13.1. The molecule has 5 heteroatoms. The second-order valence-corrected chi connectivity index (χ2v) is 3.97. The molecule has 5 nitrogen and oxygen atoms in total. The molecule has 0 amide bonds. The monoisotopic (exact) mass is 246 g/mol. The molecular weight excluding hydrogens is 232 g/mol. The molecule has 2 aromatic rings. The van der Waals surface area contributed by atoms with Crippen LogP contribution in [-0.2, 0) is 13.6 Å². The summed E-state index contributed by atoms with van der Waals surface area (Å²) < 4.78 is 7.64. The molecule has 0 saturated carbocycles. The van der Waals surface area contributed by atoms with Crippen LogP contribution in [0.5, 0.6) is 5.75 Å². The van der Waals surface area contributed by atoms with Crippen LogP contribution in [0, 0.1) is 0 Å². The Labute approximate surface area is 104 Å². The molecule has 0 aliphatic rings. The molecule has 1 aromatic heterocycles. The van der Waals surface area contributed by atoms with Crippen molar-refractivity contribution >= 4 is 0 Å². The van der Waals surface area contributed by atoms with Crippen molar-refractivity contribution in [3.8, 4) is 5.75 Å². The smallest absolute Gasteiger partial charge is 0.331 e. The first-order valence-electron chi connectivity index (χ1n) is 5.51. The Morgan fingerprint density at radius 1 is 1.11 bits per heavy atom. The van der Waals surface area contributed by atoms with E-state index in [4.69, 9.17) is 4.74 Å². The minimum absolute atomic E-state index is 0.300. The zero-order valence-electron chi connectivity index (χ0n) is 10.3. The van der Waals surface area contributed by atoms with Gasteiger partial charge in [0.1, 0.15) is 5.75 Å². The van der Waals surface area contributed by atoms with Gasteiger partial charge in [0.25, 0.3) is 5.56 Å². The number of hydrogen-bond donors (Lipinski definition) is 0. The van der Waals surface area contributed by atoms with Gasteiger partial charge in [-0.25, -0.2) is 4.79 Å². The molecule has 1 aromatic carbocycles. The molecule has 0 spiro atoms. The van der Waals surface area contributed by atoms with E-state index >= 15 is 0 Å². The molecule has 2 rings (SSSR count). The fraction of sp³-hybridized carbons (Fsp3) is 0.231. The SMILES string of the molecule is COc1ccc(Cn2ccc(=O)n(C)c2=O)cc1. The maximum Gasteiger partial charge on any atom is 0.331 e. The summed E-state index contributed by atoms with van der Waals surface area (Å²) in [5.41, 5.74) is 0.348. The summed E-state index contributed by atoms with van der Waals surface area (Å²) in [5, 5.41) is 0. The van der Waals surface area contributed by atoms with Crippen molar-refractivity contribution in [2.24, 2.45) is 7.05 Å². The Bertz CT molecular complexity index is 653. The number of benzene rings is 1. The Balaban J connectivity index is 2.31. The molecule has 1 heterocycles. The molecule has 0 atom stereocenters. The van der Waals surface area contributed by atoms with E-state index in [2.05, 4.69) is 0 Å². The molecule has 0 unspecified atom stereocenters. The van der Waals surface area contributed by atoms with Gasteiger partial charge in [-0.05, 0) is 17.7 Å². The molecule has 0 saturated heterocycles. The zero-order valence-corrected chi connectivity index (χ0v) is 10.3. The van der Waals surface area contributed by atoms with Crippen LogP contribution < -0.4 is 16.0 Å². The Morgan fingerprint density at radius 3 is 2.39 bits per heavy atom. The predicted octanol–water partition coefficient (Wildman–Crippen LogP) is 0.604. The topological polar surface area (TPSA) is 53.2 Å². The first-order valence-corrected chi connectivity index (χ1v) is 5.51. The summed E-state index contributed by atoms with van der Waals surface area (Å²) in [5.74, 6) is 0.770. The van der Waals surface area contributed by atoms with Crippen molar-refractivity contribution in [3.05, 3.63) is 62.9 Å². The predicted molar refractivity (Wildman–Crippen MR) is 68.0 cm³/mol. The van der Waals surface area contributed by atoms with Gasteiger partial charge in [0.15, 0.2) is 0 Å². The van der Waals surface area contributed by atoms with Gasteiger partial charge < -0.3 is 4.74 Å². The van der Waals surface area contributed by atoms with Crippen molar-refractivity contribution in [2.45, 2.75) is 6.54 Å². The van der Waals surface area contributed by atoms with E-state index in [0.717, 1.165) is 15.9 Å². The van der Waals surface area contributed by atoms with Crippen LogP contribution in [0.2, 0.25) is 0 Å². The molecule has 0 radical (unpaired) electrons. The van der Waals surface area contributed by atoms with E-state index in [9.17, 15) is 9.59 Å². The van der Waals surface area contributed by atoms with Crippen LogP contribution in [0.25, 0.3) is 0 Å². The highest BCUT2D eigenvalue weighted by atomic mass is 16.5. The molecule has 0 bridgehead atoms. The van der Waals surface area contributed by atoms with Crippen molar-refractivity contribution < 1.29 is 4.74 Å². The van der Waals surface area contributed by atoms with Gasteiger partial charge in [-0.15, -0.1) is 0 Å². The number of ether oxygens (including phenoxy) is 1. The second kappa shape index (κ2) is 4.91. The van der Waals surface area contributed by atoms with Gasteiger partial charge in [0.05, 0.1) is 13.7 Å². The van der Waals surface area contributed by atoms with Crippen LogP contribution in [-0.4, -0.2) is 16.2 Å². The number of nitrogens with zero attached hydrogens (tertiary/aromatic N) is 2. The molecule has 18 heavy (non-hydrogen) atoms. The standard InChI is InChI=1S/C13H14N2O3/c1-14-12(16)7-8-15(13(14)17)9-10-3-5-11(18-2)6-4-10/h3-8H,9H2,1-2H3. The molecule has 94 valence electrons. The van der Waals surface area contributed by atoms with E-state index < -0.39 is 0 Å². The number of aromatic nitrogens is 2. The third kappa shape index (κ3) is 2.34. The number of hydrogen-bond acceptors (Lipinski definition) is 3. The van der Waals surface area contributed by atoms with Crippen LogP contribution in [0.3, 0.4) is 0 Å². The summed E-state index contributed by atoms with van der Waals surface area (Å²) in [7, 11) is 3.07. The van der Waals surface area contributed by atoms with E-state index in [1.54, 1.807) is 7.11 Å². The van der Waals surface area contributed by atoms with Crippen molar-refractivity contribution in [1.82, 2.24) is 9.13 Å². The van der Waals surface area contributed by atoms with Crippen molar-refractivity contribution in [3.63, 3.8) is 0 Å². The summed E-state index contributed by atoms with van der Waals surface area (Å²) in [6.07, 6.45) is 1.51. The first-order chi connectivity index (χ1) is 8.61. The minimum Gasteiger partial charge on any atom is -0.497 e. The second-order valence-electron chi connectivity index (χ2n) is 3.97. The molecule has 0 aliphatic heterocycles. The van der Waals surface area contributed by atoms with Gasteiger partial charge >= 0.3 is 5.69 Å². The van der Waals surface area contributed by atoms with Crippen molar-refractivity contribution in [1.29, 1.82) is 0 Å². The lowest BCUT2D eigenvalue weighted by Gasteiger charge is -2.07. The highest BCUT2D eigenvalue weighted by molar-refractivity contribution is 5.27. The average Bonchev–Trinajstić information content (AvgIpc) is 2.40. The molecular formula is C13H14N2O3. The summed E-state index contributed by atoms with van der Waals surface area (Å²) >= 11 is 0. The Hall–Kier alpha value is -2.30. The lowest BCUT2D eigenvalue weighted by Crippen LogP contribution is -2.37. The van der Waals surface area contributed by atoms with Gasteiger partial charge in [-0.3, -0.25) is 13.9 Å². The van der Waals surface area contributed by atoms with E-state index in [-0.39, 0.29) is 11.2 Å². The highest BCUT2D eigenvalue weighted by Gasteiger charge is 2.02. The molecule has 0 N–H and O–H groups in total. The summed E-state index contributed by atoms with van der Waals surface area (Å²) in [4.78, 5) is 23.1. The number of methoxy groups -OCH3 is 1. The number of rotatable bonds is 3. The minimum atomic E-state index is -0.321. The molecule has 0 aliphatic carbocycles. The average molecular weight is 246 g/mol. The van der Waals surface area contributed by atoms with E-state index in [1.165, 1.54) is 23.9 Å². The third-order valence-corrected chi connectivity index (χ3v) is 2.77. The lowest BCUT2D eigenvalue weighted by molar-refractivity contribution is 0.414. The maximum absolute atomic E-state index is 11.8. The maximum atomic E-state index is 11.8.